The maximum Gasteiger partial charge on any atom is 0.314 e. The second kappa shape index (κ2) is 8.99. The molecule has 1 aromatic heterocycles. The standard InChI is InChI=1S/C28H25ClN2O3/c1-3-34-28(33)26(22-17-30(2)23-12-8-7-11-20(22)23)25-21-15-19(29)13-14-24(21)31(27(25)32)16-18-9-5-4-6-10-18/h4-15,17,25-26H,3,16H2,1-2H3/t25-,26-/m1/s1. The lowest BCUT2D eigenvalue weighted by atomic mass is 9.82. The molecule has 0 N–H and O–H groups in total. The van der Waals surface area contributed by atoms with E-state index in [1.54, 1.807) is 17.9 Å². The first kappa shape index (κ1) is 22.2. The summed E-state index contributed by atoms with van der Waals surface area (Å²) < 4.78 is 7.51. The highest BCUT2D eigenvalue weighted by Gasteiger charge is 2.47. The van der Waals surface area contributed by atoms with E-state index in [1.807, 2.05) is 84.5 Å². The Morgan fingerprint density at radius 3 is 2.56 bits per heavy atom. The lowest BCUT2D eigenvalue weighted by Gasteiger charge is -2.22. The van der Waals surface area contributed by atoms with Gasteiger partial charge in [0.1, 0.15) is 0 Å². The zero-order valence-corrected chi connectivity index (χ0v) is 19.8. The summed E-state index contributed by atoms with van der Waals surface area (Å²) in [4.78, 5) is 29.2. The zero-order chi connectivity index (χ0) is 23.8. The molecular formula is C28H25ClN2O3. The average molecular weight is 473 g/mol. The highest BCUT2D eigenvalue weighted by molar-refractivity contribution is 6.31. The molecule has 34 heavy (non-hydrogen) atoms. The van der Waals surface area contributed by atoms with Crippen LogP contribution in [0.25, 0.3) is 10.9 Å². The number of aryl methyl sites for hydroxylation is 1. The van der Waals surface area contributed by atoms with Crippen molar-refractivity contribution in [1.29, 1.82) is 0 Å². The highest BCUT2D eigenvalue weighted by atomic mass is 35.5. The predicted molar refractivity (Wildman–Crippen MR) is 134 cm³/mol. The molecule has 4 aromatic rings. The number of carbonyl (C=O) groups excluding carboxylic acids is 2. The Morgan fingerprint density at radius 2 is 1.79 bits per heavy atom. The van der Waals surface area contributed by atoms with E-state index in [2.05, 4.69) is 0 Å². The molecule has 0 fully saturated rings. The maximum absolute atomic E-state index is 14.0. The molecule has 0 radical (unpaired) electrons. The van der Waals surface area contributed by atoms with Crippen LogP contribution in [0.1, 0.15) is 35.4 Å². The number of nitrogens with zero attached hydrogens (tertiary/aromatic N) is 2. The highest BCUT2D eigenvalue weighted by Crippen LogP contribution is 2.48. The molecule has 3 aromatic carbocycles. The van der Waals surface area contributed by atoms with Crippen LogP contribution in [0, 0.1) is 0 Å². The Labute approximate surface area is 203 Å². The molecule has 1 amide bonds. The van der Waals surface area contributed by atoms with Crippen molar-refractivity contribution in [1.82, 2.24) is 4.57 Å². The molecule has 0 spiro atoms. The molecule has 6 heteroatoms. The number of amides is 1. The summed E-state index contributed by atoms with van der Waals surface area (Å²) in [5.74, 6) is -2.07. The van der Waals surface area contributed by atoms with Gasteiger partial charge < -0.3 is 14.2 Å². The van der Waals surface area contributed by atoms with E-state index >= 15 is 0 Å². The number of hydrogen-bond donors (Lipinski definition) is 0. The molecule has 0 bridgehead atoms. The zero-order valence-electron chi connectivity index (χ0n) is 19.1. The quantitative estimate of drug-likeness (QED) is 0.333. The second-order valence-corrected chi connectivity index (χ2v) is 8.97. The Morgan fingerprint density at radius 1 is 1.06 bits per heavy atom. The van der Waals surface area contributed by atoms with Gasteiger partial charge in [0.15, 0.2) is 0 Å². The van der Waals surface area contributed by atoms with Crippen molar-refractivity contribution in [3.8, 4) is 0 Å². The van der Waals surface area contributed by atoms with Crippen LogP contribution in [-0.2, 0) is 27.9 Å². The van der Waals surface area contributed by atoms with Gasteiger partial charge in [-0.25, -0.2) is 0 Å². The van der Waals surface area contributed by atoms with Crippen molar-refractivity contribution in [2.24, 2.45) is 7.05 Å². The number of para-hydroxylation sites is 1. The van der Waals surface area contributed by atoms with Crippen LogP contribution in [0.15, 0.2) is 79.0 Å². The third-order valence-corrected chi connectivity index (χ3v) is 6.70. The molecule has 5 nitrogen and oxygen atoms in total. The summed E-state index contributed by atoms with van der Waals surface area (Å²) in [5.41, 5.74) is 4.31. The van der Waals surface area contributed by atoms with Crippen molar-refractivity contribution in [3.63, 3.8) is 0 Å². The molecular weight excluding hydrogens is 448 g/mol. The van der Waals surface area contributed by atoms with E-state index < -0.39 is 17.8 Å². The van der Waals surface area contributed by atoms with Gasteiger partial charge in [0.2, 0.25) is 5.91 Å². The van der Waals surface area contributed by atoms with Crippen LogP contribution in [0.3, 0.4) is 0 Å². The van der Waals surface area contributed by atoms with Crippen molar-refractivity contribution in [2.45, 2.75) is 25.3 Å². The van der Waals surface area contributed by atoms with Crippen LogP contribution in [0.4, 0.5) is 5.69 Å². The fourth-order valence-corrected chi connectivity index (χ4v) is 5.17. The minimum Gasteiger partial charge on any atom is -0.465 e. The van der Waals surface area contributed by atoms with E-state index in [0.717, 1.165) is 33.3 Å². The molecule has 2 atom stereocenters. The number of ether oxygens (including phenoxy) is 1. The van der Waals surface area contributed by atoms with Crippen LogP contribution in [0.2, 0.25) is 5.02 Å². The lowest BCUT2D eigenvalue weighted by molar-refractivity contribution is -0.146. The summed E-state index contributed by atoms with van der Waals surface area (Å²) in [7, 11) is 1.94. The van der Waals surface area contributed by atoms with Gasteiger partial charge in [0.25, 0.3) is 0 Å². The fourth-order valence-electron chi connectivity index (χ4n) is 4.99. The van der Waals surface area contributed by atoms with Crippen molar-refractivity contribution in [2.75, 3.05) is 11.5 Å². The first-order valence-corrected chi connectivity index (χ1v) is 11.7. The molecule has 1 aliphatic rings. The number of hydrogen-bond acceptors (Lipinski definition) is 3. The first-order valence-electron chi connectivity index (χ1n) is 11.3. The molecule has 1 aliphatic heterocycles. The Bertz CT molecular complexity index is 1380. The third kappa shape index (κ3) is 3.76. The maximum atomic E-state index is 14.0. The number of halogens is 1. The molecule has 0 saturated carbocycles. The normalized spacial score (nSPS) is 16.0. The predicted octanol–water partition coefficient (Wildman–Crippen LogP) is 5.81. The van der Waals surface area contributed by atoms with Gasteiger partial charge in [0, 0.05) is 34.9 Å². The molecule has 0 aliphatic carbocycles. The molecule has 172 valence electrons. The van der Waals surface area contributed by atoms with Crippen LogP contribution in [-0.4, -0.2) is 23.1 Å². The first-order chi connectivity index (χ1) is 16.5. The van der Waals surface area contributed by atoms with E-state index in [0.29, 0.717) is 11.6 Å². The lowest BCUT2D eigenvalue weighted by Crippen LogP contribution is -2.33. The van der Waals surface area contributed by atoms with E-state index in [1.165, 1.54) is 0 Å². The van der Waals surface area contributed by atoms with E-state index in [4.69, 9.17) is 16.3 Å². The number of rotatable bonds is 6. The minimum absolute atomic E-state index is 0.132. The molecule has 5 rings (SSSR count). The van der Waals surface area contributed by atoms with E-state index in [-0.39, 0.29) is 12.5 Å². The summed E-state index contributed by atoms with van der Waals surface area (Å²) in [5, 5.41) is 1.46. The Kier molecular flexibility index (Phi) is 5.88. The Balaban J connectivity index is 1.67. The van der Waals surface area contributed by atoms with Crippen molar-refractivity contribution >= 4 is 40.1 Å². The van der Waals surface area contributed by atoms with Crippen LogP contribution < -0.4 is 4.90 Å². The van der Waals surface area contributed by atoms with Gasteiger partial charge >= 0.3 is 5.97 Å². The van der Waals surface area contributed by atoms with Gasteiger partial charge in [-0.2, -0.15) is 0 Å². The van der Waals surface area contributed by atoms with Gasteiger partial charge in [0.05, 0.1) is 25.0 Å². The number of aromatic nitrogens is 1. The van der Waals surface area contributed by atoms with E-state index in [9.17, 15) is 9.59 Å². The number of benzene rings is 3. The smallest absolute Gasteiger partial charge is 0.314 e. The van der Waals surface area contributed by atoms with Gasteiger partial charge in [-0.15, -0.1) is 0 Å². The topological polar surface area (TPSA) is 51.5 Å². The Hall–Kier alpha value is -3.57. The van der Waals surface area contributed by atoms with Crippen LogP contribution >= 0.6 is 11.6 Å². The molecule has 0 unspecified atom stereocenters. The number of anilines is 1. The van der Waals surface area contributed by atoms with Gasteiger partial charge in [-0.3, -0.25) is 9.59 Å². The molecule has 2 heterocycles. The number of esters is 1. The van der Waals surface area contributed by atoms with Crippen LogP contribution in [0.5, 0.6) is 0 Å². The third-order valence-electron chi connectivity index (χ3n) is 6.47. The second-order valence-electron chi connectivity index (χ2n) is 8.53. The number of carbonyl (C=O) groups is 2. The van der Waals surface area contributed by atoms with Crippen molar-refractivity contribution < 1.29 is 14.3 Å². The fraction of sp³-hybridized carbons (Fsp3) is 0.214. The SMILES string of the molecule is CCOC(=O)[C@H](c1cn(C)c2ccccc12)[C@@H]1C(=O)N(Cc2ccccc2)c2ccc(Cl)cc21. The monoisotopic (exact) mass is 472 g/mol. The van der Waals surface area contributed by atoms with Gasteiger partial charge in [-0.1, -0.05) is 60.1 Å². The van der Waals surface area contributed by atoms with Gasteiger partial charge in [-0.05, 0) is 47.9 Å². The largest absolute Gasteiger partial charge is 0.465 e. The summed E-state index contributed by atoms with van der Waals surface area (Å²) >= 11 is 6.38. The number of fused-ring (bicyclic) bond motifs is 2. The minimum atomic E-state index is -0.795. The average Bonchev–Trinajstić information content (AvgIpc) is 3.30. The van der Waals surface area contributed by atoms with Crippen molar-refractivity contribution in [3.05, 3.63) is 101 Å². The summed E-state index contributed by atoms with van der Waals surface area (Å²) in [6, 6.07) is 23.2. The summed E-state index contributed by atoms with van der Waals surface area (Å²) in [6.07, 6.45) is 1.93. The summed E-state index contributed by atoms with van der Waals surface area (Å²) in [6.45, 7) is 2.42. The molecule has 0 saturated heterocycles.